The molecule has 2 rings (SSSR count). The predicted octanol–water partition coefficient (Wildman–Crippen LogP) is 0.848. The molecule has 1 atom stereocenters. The van der Waals surface area contributed by atoms with Crippen LogP contribution in [0.1, 0.15) is 22.3 Å². The summed E-state index contributed by atoms with van der Waals surface area (Å²) in [5.74, 6) is 0.197. The van der Waals surface area contributed by atoms with E-state index in [1.54, 1.807) is 12.1 Å². The van der Waals surface area contributed by atoms with Crippen molar-refractivity contribution in [1.29, 1.82) is 0 Å². The van der Waals surface area contributed by atoms with Crippen molar-refractivity contribution in [2.24, 2.45) is 5.73 Å². The summed E-state index contributed by atoms with van der Waals surface area (Å²) in [7, 11) is 0. The van der Waals surface area contributed by atoms with Gasteiger partial charge in [0.05, 0.1) is 6.04 Å². The molecule has 0 aliphatic heterocycles. The molecule has 1 aromatic rings. The van der Waals surface area contributed by atoms with Gasteiger partial charge in [-0.05, 0) is 36.6 Å². The fraction of sp³-hybridized carbons (Fsp3) is 0.300. The Balaban J connectivity index is 2.50. The zero-order valence-electron chi connectivity index (χ0n) is 7.16. The minimum Gasteiger partial charge on any atom is -0.508 e. The number of Topliss-reactive ketones (excluding diaryl/α,β-unsaturated/α-hetero) is 1. The van der Waals surface area contributed by atoms with Crippen LogP contribution in [0.2, 0.25) is 0 Å². The Labute approximate surface area is 76.2 Å². The van der Waals surface area contributed by atoms with Gasteiger partial charge in [-0.2, -0.15) is 0 Å². The molecule has 3 nitrogen and oxygen atoms in total. The van der Waals surface area contributed by atoms with Crippen LogP contribution >= 0.6 is 0 Å². The van der Waals surface area contributed by atoms with E-state index in [9.17, 15) is 9.90 Å². The van der Waals surface area contributed by atoms with Crippen molar-refractivity contribution < 1.29 is 9.90 Å². The van der Waals surface area contributed by atoms with E-state index in [1.807, 2.05) is 0 Å². The van der Waals surface area contributed by atoms with Gasteiger partial charge in [0, 0.05) is 5.56 Å². The SMILES string of the molecule is NC1CCc2cc(O)ccc2C1=O. The molecule has 0 saturated heterocycles. The second kappa shape index (κ2) is 2.85. The maximum atomic E-state index is 11.5. The predicted molar refractivity (Wildman–Crippen MR) is 48.7 cm³/mol. The fourth-order valence-corrected chi connectivity index (χ4v) is 1.67. The van der Waals surface area contributed by atoms with Gasteiger partial charge in [-0.15, -0.1) is 0 Å². The summed E-state index contributed by atoms with van der Waals surface area (Å²) in [6.45, 7) is 0. The quantitative estimate of drug-likeness (QED) is 0.617. The van der Waals surface area contributed by atoms with E-state index in [1.165, 1.54) is 6.07 Å². The average molecular weight is 177 g/mol. The van der Waals surface area contributed by atoms with Crippen molar-refractivity contribution in [1.82, 2.24) is 0 Å². The zero-order valence-corrected chi connectivity index (χ0v) is 7.16. The van der Waals surface area contributed by atoms with Gasteiger partial charge in [0.2, 0.25) is 0 Å². The molecular weight excluding hydrogens is 166 g/mol. The molecule has 1 aliphatic carbocycles. The zero-order chi connectivity index (χ0) is 9.42. The van der Waals surface area contributed by atoms with Crippen LogP contribution < -0.4 is 5.73 Å². The summed E-state index contributed by atoms with van der Waals surface area (Å²) in [5.41, 5.74) is 7.19. The lowest BCUT2D eigenvalue weighted by Gasteiger charge is -2.19. The number of carbonyl (C=O) groups excluding carboxylic acids is 1. The molecule has 3 N–H and O–H groups in total. The average Bonchev–Trinajstić information content (AvgIpc) is 2.12. The number of aryl methyl sites for hydroxylation is 1. The molecule has 13 heavy (non-hydrogen) atoms. The molecule has 0 amide bonds. The highest BCUT2D eigenvalue weighted by atomic mass is 16.3. The Morgan fingerprint density at radius 1 is 1.46 bits per heavy atom. The molecule has 0 heterocycles. The molecule has 1 unspecified atom stereocenters. The molecule has 68 valence electrons. The Morgan fingerprint density at radius 2 is 2.23 bits per heavy atom. The van der Waals surface area contributed by atoms with Gasteiger partial charge < -0.3 is 10.8 Å². The first-order valence-electron chi connectivity index (χ1n) is 4.30. The van der Waals surface area contributed by atoms with Crippen LogP contribution in [0.15, 0.2) is 18.2 Å². The van der Waals surface area contributed by atoms with E-state index in [0.29, 0.717) is 12.0 Å². The molecule has 0 bridgehead atoms. The minimum atomic E-state index is -0.364. The first-order chi connectivity index (χ1) is 6.18. The number of benzene rings is 1. The summed E-state index contributed by atoms with van der Waals surface area (Å²) in [4.78, 5) is 11.5. The number of phenolic OH excluding ortho intramolecular Hbond substituents is 1. The number of aromatic hydroxyl groups is 1. The Kier molecular flexibility index (Phi) is 1.81. The second-order valence-electron chi connectivity index (χ2n) is 3.35. The van der Waals surface area contributed by atoms with Gasteiger partial charge in [-0.1, -0.05) is 0 Å². The summed E-state index contributed by atoms with van der Waals surface area (Å²) in [5, 5.41) is 9.20. The summed E-state index contributed by atoms with van der Waals surface area (Å²) >= 11 is 0. The van der Waals surface area contributed by atoms with Gasteiger partial charge in [-0.25, -0.2) is 0 Å². The number of fused-ring (bicyclic) bond motifs is 1. The lowest BCUT2D eigenvalue weighted by molar-refractivity contribution is 0.0948. The number of hydrogen-bond donors (Lipinski definition) is 2. The number of carbonyl (C=O) groups is 1. The molecular formula is C10H11NO2. The van der Waals surface area contributed by atoms with Crippen LogP contribution in [0.4, 0.5) is 0 Å². The molecule has 1 aliphatic rings. The number of phenols is 1. The minimum absolute atomic E-state index is 0.0127. The Morgan fingerprint density at radius 3 is 3.00 bits per heavy atom. The van der Waals surface area contributed by atoms with Crippen molar-refractivity contribution in [2.75, 3.05) is 0 Å². The lowest BCUT2D eigenvalue weighted by atomic mass is 9.87. The van der Waals surface area contributed by atoms with E-state index in [0.717, 1.165) is 12.0 Å². The molecule has 0 aromatic heterocycles. The fourth-order valence-electron chi connectivity index (χ4n) is 1.67. The molecule has 0 radical (unpaired) electrons. The van der Waals surface area contributed by atoms with E-state index in [2.05, 4.69) is 0 Å². The van der Waals surface area contributed by atoms with Gasteiger partial charge in [0.1, 0.15) is 5.75 Å². The maximum Gasteiger partial charge on any atom is 0.179 e. The van der Waals surface area contributed by atoms with Gasteiger partial charge >= 0.3 is 0 Å². The van der Waals surface area contributed by atoms with Crippen molar-refractivity contribution in [2.45, 2.75) is 18.9 Å². The van der Waals surface area contributed by atoms with Crippen molar-refractivity contribution in [3.8, 4) is 5.75 Å². The number of ketones is 1. The van der Waals surface area contributed by atoms with Crippen LogP contribution in [0.3, 0.4) is 0 Å². The maximum absolute atomic E-state index is 11.5. The standard InChI is InChI=1S/C10H11NO2/c11-9-4-1-6-5-7(12)2-3-8(6)10(9)13/h2-3,5,9,12H,1,4,11H2. The Hall–Kier alpha value is -1.35. The summed E-state index contributed by atoms with van der Waals surface area (Å²) in [6.07, 6.45) is 1.45. The number of hydrogen-bond acceptors (Lipinski definition) is 3. The highest BCUT2D eigenvalue weighted by Crippen LogP contribution is 2.24. The largest absolute Gasteiger partial charge is 0.508 e. The van der Waals surface area contributed by atoms with Crippen molar-refractivity contribution in [3.05, 3.63) is 29.3 Å². The first-order valence-corrected chi connectivity index (χ1v) is 4.30. The van der Waals surface area contributed by atoms with Crippen molar-refractivity contribution in [3.63, 3.8) is 0 Å². The molecule has 0 spiro atoms. The molecule has 0 saturated carbocycles. The molecule has 1 aromatic carbocycles. The molecule has 3 heteroatoms. The van der Waals surface area contributed by atoms with Gasteiger partial charge in [0.25, 0.3) is 0 Å². The summed E-state index contributed by atoms with van der Waals surface area (Å²) in [6, 6.07) is 4.44. The molecule has 0 fully saturated rings. The topological polar surface area (TPSA) is 63.3 Å². The van der Waals surface area contributed by atoms with E-state index in [-0.39, 0.29) is 17.6 Å². The number of nitrogens with two attached hydrogens (primary N) is 1. The third kappa shape index (κ3) is 1.31. The van der Waals surface area contributed by atoms with Crippen LogP contribution in [0.5, 0.6) is 5.75 Å². The lowest BCUT2D eigenvalue weighted by Crippen LogP contribution is -2.35. The van der Waals surface area contributed by atoms with Gasteiger partial charge in [-0.3, -0.25) is 4.79 Å². The van der Waals surface area contributed by atoms with Gasteiger partial charge in [0.15, 0.2) is 5.78 Å². The van der Waals surface area contributed by atoms with E-state index < -0.39 is 0 Å². The number of rotatable bonds is 0. The van der Waals surface area contributed by atoms with Crippen LogP contribution in [-0.2, 0) is 6.42 Å². The normalized spacial score (nSPS) is 21.3. The monoisotopic (exact) mass is 177 g/mol. The summed E-state index contributed by atoms with van der Waals surface area (Å²) < 4.78 is 0. The van der Waals surface area contributed by atoms with E-state index >= 15 is 0 Å². The van der Waals surface area contributed by atoms with E-state index in [4.69, 9.17) is 5.73 Å². The van der Waals surface area contributed by atoms with Crippen LogP contribution in [-0.4, -0.2) is 16.9 Å². The third-order valence-electron chi connectivity index (χ3n) is 2.42. The van der Waals surface area contributed by atoms with Crippen LogP contribution in [0, 0.1) is 0 Å². The van der Waals surface area contributed by atoms with Crippen molar-refractivity contribution >= 4 is 5.78 Å². The highest BCUT2D eigenvalue weighted by molar-refractivity contribution is 6.02. The highest BCUT2D eigenvalue weighted by Gasteiger charge is 2.23. The first kappa shape index (κ1) is 8.26. The third-order valence-corrected chi connectivity index (χ3v) is 2.42. The van der Waals surface area contributed by atoms with Crippen LogP contribution in [0.25, 0.3) is 0 Å². The second-order valence-corrected chi connectivity index (χ2v) is 3.35. The Bertz CT molecular complexity index is 360. The smallest absolute Gasteiger partial charge is 0.179 e.